The maximum atomic E-state index is 11.7. The van der Waals surface area contributed by atoms with Gasteiger partial charge in [-0.3, -0.25) is 0 Å². The number of carbonyl (C=O) groups is 1. The summed E-state index contributed by atoms with van der Waals surface area (Å²) in [4.78, 5) is 11.7. The van der Waals surface area contributed by atoms with E-state index in [1.165, 1.54) is 24.0 Å². The lowest BCUT2D eigenvalue weighted by atomic mass is 10.1. The predicted octanol–water partition coefficient (Wildman–Crippen LogP) is 3.10. The van der Waals surface area contributed by atoms with E-state index in [2.05, 4.69) is 22.8 Å². The highest BCUT2D eigenvalue weighted by molar-refractivity contribution is 5.89. The molecule has 2 rings (SSSR count). The van der Waals surface area contributed by atoms with Crippen LogP contribution in [0.3, 0.4) is 0 Å². The van der Waals surface area contributed by atoms with Crippen molar-refractivity contribution in [2.75, 3.05) is 5.32 Å². The molecule has 92 valence electrons. The molecule has 0 bridgehead atoms. The van der Waals surface area contributed by atoms with Gasteiger partial charge in [-0.15, -0.1) is 0 Å². The molecule has 0 atom stereocenters. The Balaban J connectivity index is 2.02. The van der Waals surface area contributed by atoms with Crippen LogP contribution in [0.5, 0.6) is 0 Å². The number of amides is 2. The van der Waals surface area contributed by atoms with Crippen LogP contribution in [0, 0.1) is 0 Å². The number of carbonyl (C=O) groups excluding carboxylic acids is 1. The molecule has 1 aliphatic carbocycles. The largest absolute Gasteiger partial charge is 0.333 e. The van der Waals surface area contributed by atoms with Crippen molar-refractivity contribution in [3.63, 3.8) is 0 Å². The lowest BCUT2D eigenvalue weighted by Crippen LogP contribution is -2.43. The fraction of sp³-hybridized carbons (Fsp3) is 0.500. The van der Waals surface area contributed by atoms with E-state index in [1.54, 1.807) is 0 Å². The Morgan fingerprint density at radius 2 is 1.88 bits per heavy atom. The highest BCUT2D eigenvalue weighted by atomic mass is 16.2. The third-order valence-electron chi connectivity index (χ3n) is 2.84. The summed E-state index contributed by atoms with van der Waals surface area (Å²) in [7, 11) is 0. The molecule has 0 aliphatic heterocycles. The molecule has 17 heavy (non-hydrogen) atoms. The number of hydrogen-bond donors (Lipinski definition) is 2. The van der Waals surface area contributed by atoms with Gasteiger partial charge < -0.3 is 10.6 Å². The number of aryl methyl sites for hydroxylation is 2. The fourth-order valence-electron chi connectivity index (χ4n) is 2.15. The van der Waals surface area contributed by atoms with E-state index in [9.17, 15) is 4.79 Å². The number of hydrogen-bond acceptors (Lipinski definition) is 1. The van der Waals surface area contributed by atoms with Crippen molar-refractivity contribution in [1.29, 1.82) is 0 Å². The Kier molecular flexibility index (Phi) is 3.09. The summed E-state index contributed by atoms with van der Waals surface area (Å²) in [5, 5.41) is 5.76. The topological polar surface area (TPSA) is 41.1 Å². The Bertz CT molecular complexity index is 432. The number of nitrogens with one attached hydrogen (secondary N) is 2. The molecule has 2 amide bonds. The summed E-state index contributed by atoms with van der Waals surface area (Å²) >= 11 is 0. The molecule has 3 heteroatoms. The Hall–Kier alpha value is -1.51. The van der Waals surface area contributed by atoms with E-state index < -0.39 is 0 Å². The Morgan fingerprint density at radius 1 is 1.18 bits per heavy atom. The molecular weight excluding hydrogens is 212 g/mol. The molecule has 0 heterocycles. The molecule has 1 aliphatic rings. The number of benzene rings is 1. The first kappa shape index (κ1) is 12.0. The van der Waals surface area contributed by atoms with Crippen molar-refractivity contribution in [3.05, 3.63) is 29.3 Å². The average Bonchev–Trinajstić information content (AvgIpc) is 2.61. The zero-order valence-electron chi connectivity index (χ0n) is 10.8. The minimum absolute atomic E-state index is 0.143. The minimum Gasteiger partial charge on any atom is -0.333 e. The van der Waals surface area contributed by atoms with Gasteiger partial charge in [0.25, 0.3) is 0 Å². The van der Waals surface area contributed by atoms with Crippen molar-refractivity contribution in [3.8, 4) is 0 Å². The maximum absolute atomic E-state index is 11.7. The SMILES string of the molecule is CC(C)(C)NC(=O)Nc1ccc2c(c1)CCC2. The quantitative estimate of drug-likeness (QED) is 0.767. The number of anilines is 1. The maximum Gasteiger partial charge on any atom is 0.319 e. The van der Waals surface area contributed by atoms with E-state index >= 15 is 0 Å². The van der Waals surface area contributed by atoms with Crippen LogP contribution in [-0.2, 0) is 12.8 Å². The first-order chi connectivity index (χ1) is 7.94. The van der Waals surface area contributed by atoms with E-state index in [0.717, 1.165) is 12.1 Å². The van der Waals surface area contributed by atoms with Crippen LogP contribution in [0.1, 0.15) is 38.3 Å². The molecule has 0 saturated heterocycles. The monoisotopic (exact) mass is 232 g/mol. The van der Waals surface area contributed by atoms with Gasteiger partial charge in [0.15, 0.2) is 0 Å². The van der Waals surface area contributed by atoms with Crippen LogP contribution in [0.25, 0.3) is 0 Å². The van der Waals surface area contributed by atoms with Crippen molar-refractivity contribution < 1.29 is 4.79 Å². The third-order valence-corrected chi connectivity index (χ3v) is 2.84. The zero-order chi connectivity index (χ0) is 12.5. The second kappa shape index (κ2) is 4.40. The Labute approximate surface area is 103 Å². The average molecular weight is 232 g/mol. The normalized spacial score (nSPS) is 14.3. The van der Waals surface area contributed by atoms with Crippen LogP contribution >= 0.6 is 0 Å². The second-order valence-electron chi connectivity index (χ2n) is 5.67. The lowest BCUT2D eigenvalue weighted by molar-refractivity contribution is 0.244. The summed E-state index contributed by atoms with van der Waals surface area (Å²) in [5.41, 5.74) is 3.47. The van der Waals surface area contributed by atoms with Crippen molar-refractivity contribution in [1.82, 2.24) is 5.32 Å². The van der Waals surface area contributed by atoms with Gasteiger partial charge in [0, 0.05) is 11.2 Å². The van der Waals surface area contributed by atoms with Gasteiger partial charge in [-0.2, -0.15) is 0 Å². The molecule has 0 fully saturated rings. The summed E-state index contributed by atoms with van der Waals surface area (Å²) in [6.45, 7) is 5.90. The molecule has 0 radical (unpaired) electrons. The van der Waals surface area contributed by atoms with Crippen LogP contribution < -0.4 is 10.6 Å². The molecule has 1 aromatic carbocycles. The first-order valence-electron chi connectivity index (χ1n) is 6.15. The second-order valence-corrected chi connectivity index (χ2v) is 5.67. The number of rotatable bonds is 1. The Morgan fingerprint density at radius 3 is 2.59 bits per heavy atom. The van der Waals surface area contributed by atoms with E-state index in [0.29, 0.717) is 0 Å². The summed E-state index contributed by atoms with van der Waals surface area (Å²) in [6.07, 6.45) is 3.53. The van der Waals surface area contributed by atoms with Gasteiger partial charge in [-0.25, -0.2) is 4.79 Å². The zero-order valence-corrected chi connectivity index (χ0v) is 10.8. The minimum atomic E-state index is -0.208. The lowest BCUT2D eigenvalue weighted by Gasteiger charge is -2.20. The van der Waals surface area contributed by atoms with Gasteiger partial charge in [-0.05, 0) is 63.3 Å². The number of fused-ring (bicyclic) bond motifs is 1. The van der Waals surface area contributed by atoms with Crippen molar-refractivity contribution >= 4 is 11.7 Å². The molecular formula is C14H20N2O. The van der Waals surface area contributed by atoms with E-state index in [4.69, 9.17) is 0 Å². The highest BCUT2D eigenvalue weighted by Gasteiger charge is 2.15. The van der Waals surface area contributed by atoms with Gasteiger partial charge in [0.2, 0.25) is 0 Å². The van der Waals surface area contributed by atoms with Gasteiger partial charge >= 0.3 is 6.03 Å². The van der Waals surface area contributed by atoms with Gasteiger partial charge in [0.05, 0.1) is 0 Å². The molecule has 0 aromatic heterocycles. The van der Waals surface area contributed by atoms with Crippen LogP contribution in [0.2, 0.25) is 0 Å². The molecule has 3 nitrogen and oxygen atoms in total. The molecule has 1 aromatic rings. The van der Waals surface area contributed by atoms with E-state index in [1.807, 2.05) is 26.8 Å². The van der Waals surface area contributed by atoms with Crippen LogP contribution in [0.4, 0.5) is 10.5 Å². The standard InChI is InChI=1S/C14H20N2O/c1-14(2,3)16-13(17)15-12-8-7-10-5-4-6-11(10)9-12/h7-9H,4-6H2,1-3H3,(H2,15,16,17). The summed E-state index contributed by atoms with van der Waals surface area (Å²) < 4.78 is 0. The summed E-state index contributed by atoms with van der Waals surface area (Å²) in [5.74, 6) is 0. The molecule has 0 saturated carbocycles. The van der Waals surface area contributed by atoms with Crippen LogP contribution in [-0.4, -0.2) is 11.6 Å². The summed E-state index contributed by atoms with van der Waals surface area (Å²) in [6, 6.07) is 6.04. The predicted molar refractivity (Wildman–Crippen MR) is 70.4 cm³/mol. The van der Waals surface area contributed by atoms with Gasteiger partial charge in [0.1, 0.15) is 0 Å². The molecule has 0 unspecified atom stereocenters. The first-order valence-corrected chi connectivity index (χ1v) is 6.15. The van der Waals surface area contributed by atoms with Gasteiger partial charge in [-0.1, -0.05) is 6.07 Å². The number of urea groups is 1. The fourth-order valence-corrected chi connectivity index (χ4v) is 2.15. The highest BCUT2D eigenvalue weighted by Crippen LogP contribution is 2.24. The van der Waals surface area contributed by atoms with E-state index in [-0.39, 0.29) is 11.6 Å². The smallest absolute Gasteiger partial charge is 0.319 e. The third kappa shape index (κ3) is 3.22. The molecule has 2 N–H and O–H groups in total. The molecule has 0 spiro atoms. The van der Waals surface area contributed by atoms with Crippen molar-refractivity contribution in [2.24, 2.45) is 0 Å². The van der Waals surface area contributed by atoms with Crippen molar-refractivity contribution in [2.45, 2.75) is 45.6 Å². The van der Waals surface area contributed by atoms with Crippen LogP contribution in [0.15, 0.2) is 18.2 Å².